The number of carbonyl (C=O) groups excluding carboxylic acids is 1. The van der Waals surface area contributed by atoms with Crippen LogP contribution in [0, 0.1) is 5.92 Å². The van der Waals surface area contributed by atoms with Gasteiger partial charge in [-0.25, -0.2) is 0 Å². The van der Waals surface area contributed by atoms with Crippen LogP contribution in [-0.2, 0) is 9.53 Å². The van der Waals surface area contributed by atoms with Crippen molar-refractivity contribution in [3.05, 3.63) is 0 Å². The molecule has 0 aliphatic carbocycles. The van der Waals surface area contributed by atoms with Crippen LogP contribution < -0.4 is 0 Å². The fourth-order valence-corrected chi connectivity index (χ4v) is 1.34. The Labute approximate surface area is 67.9 Å². The molecule has 1 aliphatic heterocycles. The molecule has 0 spiro atoms. The monoisotopic (exact) mass is 156 g/mol. The van der Waals surface area contributed by atoms with E-state index in [0.29, 0.717) is 0 Å². The van der Waals surface area contributed by atoms with Crippen molar-refractivity contribution in [3.63, 3.8) is 0 Å². The summed E-state index contributed by atoms with van der Waals surface area (Å²) in [6, 6.07) is 0. The molecular weight excluding hydrogens is 140 g/mol. The molecule has 0 unspecified atom stereocenters. The van der Waals surface area contributed by atoms with Crippen molar-refractivity contribution in [2.45, 2.75) is 45.6 Å². The minimum atomic E-state index is -0.0218. The van der Waals surface area contributed by atoms with E-state index in [9.17, 15) is 4.79 Å². The van der Waals surface area contributed by atoms with Crippen molar-refractivity contribution in [1.82, 2.24) is 0 Å². The van der Waals surface area contributed by atoms with Crippen molar-refractivity contribution in [2.75, 3.05) is 0 Å². The van der Waals surface area contributed by atoms with Gasteiger partial charge < -0.3 is 4.74 Å². The van der Waals surface area contributed by atoms with Crippen LogP contribution in [0.25, 0.3) is 0 Å². The number of hydrogen-bond acceptors (Lipinski definition) is 2. The molecule has 11 heavy (non-hydrogen) atoms. The van der Waals surface area contributed by atoms with Gasteiger partial charge in [0.2, 0.25) is 0 Å². The first-order chi connectivity index (χ1) is 5.25. The Bertz CT molecular complexity index is 142. The van der Waals surface area contributed by atoms with E-state index in [4.69, 9.17) is 4.74 Å². The Balaban J connectivity index is 2.05. The van der Waals surface area contributed by atoms with Gasteiger partial charge in [0.15, 0.2) is 0 Å². The molecule has 0 radical (unpaired) electrons. The summed E-state index contributed by atoms with van der Waals surface area (Å²) >= 11 is 0. The van der Waals surface area contributed by atoms with Gasteiger partial charge >= 0.3 is 5.97 Å². The van der Waals surface area contributed by atoms with E-state index in [1.807, 2.05) is 6.92 Å². The summed E-state index contributed by atoms with van der Waals surface area (Å²) < 4.78 is 4.96. The average Bonchev–Trinajstić information content (AvgIpc) is 2.03. The SMILES string of the molecule is CCCCC[C@@H]1OC(=O)[C@H]1C. The lowest BCUT2D eigenvalue weighted by atomic mass is 9.94. The molecule has 1 heterocycles. The summed E-state index contributed by atoms with van der Waals surface area (Å²) in [5.74, 6) is 0.137. The van der Waals surface area contributed by atoms with E-state index in [1.54, 1.807) is 0 Å². The maximum atomic E-state index is 10.7. The van der Waals surface area contributed by atoms with Gasteiger partial charge in [-0.2, -0.15) is 0 Å². The van der Waals surface area contributed by atoms with Crippen LogP contribution in [0.1, 0.15) is 39.5 Å². The maximum Gasteiger partial charge on any atom is 0.312 e. The molecule has 1 aliphatic rings. The van der Waals surface area contributed by atoms with Gasteiger partial charge in [0.25, 0.3) is 0 Å². The quantitative estimate of drug-likeness (QED) is 0.460. The molecule has 1 rings (SSSR count). The molecule has 2 heteroatoms. The molecule has 2 nitrogen and oxygen atoms in total. The summed E-state index contributed by atoms with van der Waals surface area (Å²) in [7, 11) is 0. The second-order valence-electron chi connectivity index (χ2n) is 3.26. The van der Waals surface area contributed by atoms with Crippen molar-refractivity contribution in [3.8, 4) is 0 Å². The molecule has 1 fully saturated rings. The zero-order valence-corrected chi connectivity index (χ0v) is 7.30. The molecule has 0 N–H and O–H groups in total. The minimum absolute atomic E-state index is 0.0218. The zero-order valence-electron chi connectivity index (χ0n) is 7.30. The Morgan fingerprint density at radius 2 is 2.18 bits per heavy atom. The predicted molar refractivity (Wildman–Crippen MR) is 43.2 cm³/mol. The lowest BCUT2D eigenvalue weighted by Gasteiger charge is -2.32. The number of hydrogen-bond donors (Lipinski definition) is 0. The number of cyclic esters (lactones) is 1. The summed E-state index contributed by atoms with van der Waals surface area (Å²) in [5.41, 5.74) is 0. The molecule has 64 valence electrons. The van der Waals surface area contributed by atoms with E-state index in [0.717, 1.165) is 6.42 Å². The predicted octanol–water partition coefficient (Wildman–Crippen LogP) is 2.13. The Kier molecular flexibility index (Phi) is 2.92. The maximum absolute atomic E-state index is 10.7. The van der Waals surface area contributed by atoms with Gasteiger partial charge in [-0.05, 0) is 19.8 Å². The number of rotatable bonds is 4. The van der Waals surface area contributed by atoms with Gasteiger partial charge in [-0.3, -0.25) is 4.79 Å². The highest BCUT2D eigenvalue weighted by Crippen LogP contribution is 2.25. The summed E-state index contributed by atoms with van der Waals surface area (Å²) in [5, 5.41) is 0. The van der Waals surface area contributed by atoms with E-state index >= 15 is 0 Å². The van der Waals surface area contributed by atoms with Gasteiger partial charge in [-0.1, -0.05) is 19.8 Å². The Hall–Kier alpha value is -0.530. The third-order valence-electron chi connectivity index (χ3n) is 2.29. The fraction of sp³-hybridized carbons (Fsp3) is 0.889. The number of esters is 1. The second-order valence-corrected chi connectivity index (χ2v) is 3.26. The van der Waals surface area contributed by atoms with E-state index in [-0.39, 0.29) is 18.0 Å². The molecule has 0 aromatic carbocycles. The average molecular weight is 156 g/mol. The highest BCUT2D eigenvalue weighted by molar-refractivity contribution is 5.77. The van der Waals surface area contributed by atoms with Crippen molar-refractivity contribution >= 4 is 5.97 Å². The highest BCUT2D eigenvalue weighted by Gasteiger charge is 2.37. The summed E-state index contributed by atoms with van der Waals surface area (Å²) in [4.78, 5) is 10.7. The van der Waals surface area contributed by atoms with Crippen LogP contribution >= 0.6 is 0 Å². The van der Waals surface area contributed by atoms with E-state index in [2.05, 4.69) is 6.92 Å². The van der Waals surface area contributed by atoms with Gasteiger partial charge in [-0.15, -0.1) is 0 Å². The third-order valence-corrected chi connectivity index (χ3v) is 2.29. The minimum Gasteiger partial charge on any atom is -0.461 e. The Morgan fingerprint density at radius 3 is 2.64 bits per heavy atom. The van der Waals surface area contributed by atoms with Crippen LogP contribution in [0.2, 0.25) is 0 Å². The van der Waals surface area contributed by atoms with Gasteiger partial charge in [0, 0.05) is 0 Å². The molecule has 0 aromatic heterocycles. The second kappa shape index (κ2) is 3.74. The molecule has 1 saturated heterocycles. The first-order valence-electron chi connectivity index (χ1n) is 4.46. The molecule has 0 bridgehead atoms. The highest BCUT2D eigenvalue weighted by atomic mass is 16.6. The van der Waals surface area contributed by atoms with Crippen molar-refractivity contribution in [1.29, 1.82) is 0 Å². The van der Waals surface area contributed by atoms with Gasteiger partial charge in [0.1, 0.15) is 6.10 Å². The van der Waals surface area contributed by atoms with Crippen LogP contribution in [-0.4, -0.2) is 12.1 Å². The van der Waals surface area contributed by atoms with E-state index in [1.165, 1.54) is 19.3 Å². The summed E-state index contributed by atoms with van der Waals surface area (Å²) in [6.45, 7) is 4.12. The lowest BCUT2D eigenvalue weighted by molar-refractivity contribution is -0.183. The largest absolute Gasteiger partial charge is 0.461 e. The van der Waals surface area contributed by atoms with Crippen LogP contribution in [0.4, 0.5) is 0 Å². The first kappa shape index (κ1) is 8.57. The van der Waals surface area contributed by atoms with Crippen LogP contribution in [0.15, 0.2) is 0 Å². The Morgan fingerprint density at radius 1 is 1.45 bits per heavy atom. The zero-order chi connectivity index (χ0) is 8.27. The van der Waals surface area contributed by atoms with Crippen molar-refractivity contribution in [2.24, 2.45) is 5.92 Å². The van der Waals surface area contributed by atoms with Crippen LogP contribution in [0.3, 0.4) is 0 Å². The topological polar surface area (TPSA) is 26.3 Å². The molecule has 0 saturated carbocycles. The van der Waals surface area contributed by atoms with E-state index < -0.39 is 0 Å². The van der Waals surface area contributed by atoms with Crippen LogP contribution in [0.5, 0.6) is 0 Å². The fourth-order valence-electron chi connectivity index (χ4n) is 1.34. The number of carbonyl (C=O) groups is 1. The normalized spacial score (nSPS) is 29.5. The third kappa shape index (κ3) is 1.95. The summed E-state index contributed by atoms with van der Waals surface area (Å²) in [6.07, 6.45) is 4.96. The lowest BCUT2D eigenvalue weighted by Crippen LogP contribution is -2.42. The molecule has 0 aromatic rings. The van der Waals surface area contributed by atoms with Gasteiger partial charge in [0.05, 0.1) is 5.92 Å². The first-order valence-corrected chi connectivity index (χ1v) is 4.46. The molecule has 0 amide bonds. The van der Waals surface area contributed by atoms with Crippen molar-refractivity contribution < 1.29 is 9.53 Å². The molecule has 2 atom stereocenters. The standard InChI is InChI=1S/C9H16O2/c1-3-4-5-6-8-7(2)9(10)11-8/h7-8H,3-6H2,1-2H3/t7-,8-/m0/s1. The smallest absolute Gasteiger partial charge is 0.312 e. The number of unbranched alkanes of at least 4 members (excludes halogenated alkanes) is 2. The molecular formula is C9H16O2. The number of ether oxygens (including phenoxy) is 1.